The molecular weight excluding hydrogens is 192 g/mol. The van der Waals surface area contributed by atoms with Gasteiger partial charge in [0.05, 0.1) is 13.2 Å². The lowest BCUT2D eigenvalue weighted by Gasteiger charge is -2.19. The van der Waals surface area contributed by atoms with Crippen molar-refractivity contribution in [1.82, 2.24) is 10.2 Å². The van der Waals surface area contributed by atoms with E-state index < -0.39 is 0 Å². The van der Waals surface area contributed by atoms with E-state index in [2.05, 4.69) is 18.5 Å². The van der Waals surface area contributed by atoms with E-state index in [-0.39, 0.29) is 5.91 Å². The highest BCUT2D eigenvalue weighted by atomic mass is 16.5. The summed E-state index contributed by atoms with van der Waals surface area (Å²) >= 11 is 0. The molecule has 0 aromatic carbocycles. The van der Waals surface area contributed by atoms with Gasteiger partial charge >= 0.3 is 0 Å². The fourth-order valence-corrected chi connectivity index (χ4v) is 1.07. The van der Waals surface area contributed by atoms with E-state index in [1.54, 1.807) is 24.2 Å². The van der Waals surface area contributed by atoms with Gasteiger partial charge in [0.25, 0.3) is 0 Å². The Bertz CT molecular complexity index is 195. The average molecular weight is 212 g/mol. The number of amides is 1. The first-order chi connectivity index (χ1) is 7.26. The number of hydrogen-bond donors (Lipinski definition) is 1. The van der Waals surface area contributed by atoms with Crippen molar-refractivity contribution in [3.8, 4) is 0 Å². The predicted molar refractivity (Wildman–Crippen MR) is 61.7 cm³/mol. The SMILES string of the molecule is C=CCN(CC=C)C(=O)CNCCOC. The average Bonchev–Trinajstić information content (AvgIpc) is 2.24. The smallest absolute Gasteiger partial charge is 0.237 e. The number of methoxy groups -OCH3 is 1. The molecule has 0 rings (SSSR count). The standard InChI is InChI=1S/C11H20N2O2/c1-4-7-13(8-5-2)11(14)10-12-6-9-15-3/h4-5,12H,1-2,6-10H2,3H3. The summed E-state index contributed by atoms with van der Waals surface area (Å²) in [5.74, 6) is 0.0471. The van der Waals surface area contributed by atoms with Crippen LogP contribution in [-0.4, -0.2) is 50.7 Å². The highest BCUT2D eigenvalue weighted by Crippen LogP contribution is 1.90. The van der Waals surface area contributed by atoms with Crippen LogP contribution in [0, 0.1) is 0 Å². The van der Waals surface area contributed by atoms with Crippen molar-refractivity contribution in [2.75, 3.05) is 39.9 Å². The minimum atomic E-state index is 0.0471. The number of carbonyl (C=O) groups is 1. The number of nitrogens with zero attached hydrogens (tertiary/aromatic N) is 1. The van der Waals surface area contributed by atoms with Gasteiger partial charge in [-0.05, 0) is 0 Å². The van der Waals surface area contributed by atoms with Crippen molar-refractivity contribution in [2.24, 2.45) is 0 Å². The van der Waals surface area contributed by atoms with Gasteiger partial charge in [0.2, 0.25) is 5.91 Å². The van der Waals surface area contributed by atoms with Crippen molar-refractivity contribution in [3.05, 3.63) is 25.3 Å². The molecular formula is C11H20N2O2. The maximum atomic E-state index is 11.6. The molecule has 1 amide bonds. The zero-order chi connectivity index (χ0) is 11.5. The summed E-state index contributed by atoms with van der Waals surface area (Å²) in [4.78, 5) is 13.3. The molecule has 0 aliphatic heterocycles. The molecule has 15 heavy (non-hydrogen) atoms. The lowest BCUT2D eigenvalue weighted by Crippen LogP contribution is -2.39. The quantitative estimate of drug-likeness (QED) is 0.445. The van der Waals surface area contributed by atoms with Gasteiger partial charge in [-0.25, -0.2) is 0 Å². The summed E-state index contributed by atoms with van der Waals surface area (Å²) in [6.45, 7) is 9.93. The summed E-state index contributed by atoms with van der Waals surface area (Å²) < 4.78 is 4.86. The maximum absolute atomic E-state index is 11.6. The van der Waals surface area contributed by atoms with Gasteiger partial charge < -0.3 is 15.0 Å². The van der Waals surface area contributed by atoms with Crippen LogP contribution >= 0.6 is 0 Å². The Balaban J connectivity index is 3.80. The molecule has 0 aromatic heterocycles. The van der Waals surface area contributed by atoms with Crippen LogP contribution in [-0.2, 0) is 9.53 Å². The van der Waals surface area contributed by atoms with Gasteiger partial charge in [0, 0.05) is 26.7 Å². The largest absolute Gasteiger partial charge is 0.383 e. The molecule has 4 nitrogen and oxygen atoms in total. The van der Waals surface area contributed by atoms with E-state index in [1.165, 1.54) is 0 Å². The van der Waals surface area contributed by atoms with E-state index in [9.17, 15) is 4.79 Å². The van der Waals surface area contributed by atoms with Crippen LogP contribution in [0.15, 0.2) is 25.3 Å². The topological polar surface area (TPSA) is 41.6 Å². The molecule has 1 N–H and O–H groups in total. The van der Waals surface area contributed by atoms with Crippen LogP contribution in [0.4, 0.5) is 0 Å². The molecule has 0 spiro atoms. The molecule has 86 valence electrons. The summed E-state index contributed by atoms with van der Waals surface area (Å²) in [6.07, 6.45) is 3.41. The van der Waals surface area contributed by atoms with Gasteiger partial charge in [0.1, 0.15) is 0 Å². The molecule has 0 aliphatic rings. The number of ether oxygens (including phenoxy) is 1. The third-order valence-corrected chi connectivity index (χ3v) is 1.81. The summed E-state index contributed by atoms with van der Waals surface area (Å²) in [6, 6.07) is 0. The number of hydrogen-bond acceptors (Lipinski definition) is 3. The van der Waals surface area contributed by atoms with Gasteiger partial charge in [0.15, 0.2) is 0 Å². The van der Waals surface area contributed by atoms with Crippen LogP contribution < -0.4 is 5.32 Å². The van der Waals surface area contributed by atoms with Crippen molar-refractivity contribution in [2.45, 2.75) is 0 Å². The first-order valence-electron chi connectivity index (χ1n) is 4.95. The van der Waals surface area contributed by atoms with Crippen molar-refractivity contribution in [1.29, 1.82) is 0 Å². The molecule has 0 atom stereocenters. The second-order valence-electron chi connectivity index (χ2n) is 3.05. The molecule has 0 saturated carbocycles. The summed E-state index contributed by atoms with van der Waals surface area (Å²) in [7, 11) is 1.63. The highest BCUT2D eigenvalue weighted by molar-refractivity contribution is 5.78. The summed E-state index contributed by atoms with van der Waals surface area (Å²) in [5, 5.41) is 3.00. The molecule has 0 radical (unpaired) electrons. The normalized spacial score (nSPS) is 9.67. The van der Waals surface area contributed by atoms with Crippen molar-refractivity contribution >= 4 is 5.91 Å². The molecule has 0 fully saturated rings. The van der Waals surface area contributed by atoms with Gasteiger partial charge in [-0.1, -0.05) is 12.2 Å². The molecule has 0 bridgehead atoms. The fraction of sp³-hybridized carbons (Fsp3) is 0.545. The number of rotatable bonds is 9. The Kier molecular flexibility index (Phi) is 8.72. The van der Waals surface area contributed by atoms with Gasteiger partial charge in [-0.15, -0.1) is 13.2 Å². The Morgan fingerprint density at radius 3 is 2.47 bits per heavy atom. The molecule has 0 unspecified atom stereocenters. The number of carbonyl (C=O) groups excluding carboxylic acids is 1. The lowest BCUT2D eigenvalue weighted by atomic mass is 10.4. The van der Waals surface area contributed by atoms with Crippen molar-refractivity contribution in [3.63, 3.8) is 0 Å². The van der Waals surface area contributed by atoms with Crippen LogP contribution in [0.3, 0.4) is 0 Å². The molecule has 0 heterocycles. The Morgan fingerprint density at radius 2 is 2.00 bits per heavy atom. The van der Waals surface area contributed by atoms with Crippen LogP contribution in [0.1, 0.15) is 0 Å². The Labute approximate surface area is 91.6 Å². The molecule has 0 aromatic rings. The first-order valence-corrected chi connectivity index (χ1v) is 4.95. The zero-order valence-corrected chi connectivity index (χ0v) is 9.37. The van der Waals surface area contributed by atoms with Crippen LogP contribution in [0.2, 0.25) is 0 Å². The lowest BCUT2D eigenvalue weighted by molar-refractivity contribution is -0.129. The summed E-state index contributed by atoms with van der Waals surface area (Å²) in [5.41, 5.74) is 0. The Hall–Kier alpha value is -1.13. The third kappa shape index (κ3) is 6.88. The minimum Gasteiger partial charge on any atom is -0.383 e. The maximum Gasteiger partial charge on any atom is 0.237 e. The van der Waals surface area contributed by atoms with E-state index in [1.807, 2.05) is 0 Å². The molecule has 4 heteroatoms. The third-order valence-electron chi connectivity index (χ3n) is 1.81. The minimum absolute atomic E-state index is 0.0471. The molecule has 0 saturated heterocycles. The molecule has 0 aliphatic carbocycles. The first kappa shape index (κ1) is 13.9. The van der Waals surface area contributed by atoms with Crippen LogP contribution in [0.25, 0.3) is 0 Å². The second kappa shape index (κ2) is 9.43. The highest BCUT2D eigenvalue weighted by Gasteiger charge is 2.08. The van der Waals surface area contributed by atoms with Crippen molar-refractivity contribution < 1.29 is 9.53 Å². The predicted octanol–water partition coefficient (Wildman–Crippen LogP) is 0.423. The monoisotopic (exact) mass is 212 g/mol. The van der Waals surface area contributed by atoms with E-state index >= 15 is 0 Å². The van der Waals surface area contributed by atoms with E-state index in [0.29, 0.717) is 32.8 Å². The van der Waals surface area contributed by atoms with Gasteiger partial charge in [-0.3, -0.25) is 4.79 Å². The van der Waals surface area contributed by atoms with Crippen LogP contribution in [0.5, 0.6) is 0 Å². The Morgan fingerprint density at radius 1 is 1.40 bits per heavy atom. The van der Waals surface area contributed by atoms with E-state index in [4.69, 9.17) is 4.74 Å². The fourth-order valence-electron chi connectivity index (χ4n) is 1.07. The van der Waals surface area contributed by atoms with E-state index in [0.717, 1.165) is 0 Å². The number of nitrogens with one attached hydrogen (secondary N) is 1. The van der Waals surface area contributed by atoms with Gasteiger partial charge in [-0.2, -0.15) is 0 Å². The zero-order valence-electron chi connectivity index (χ0n) is 9.37. The second-order valence-corrected chi connectivity index (χ2v) is 3.05.